The largest absolute Gasteiger partial charge is 0.573 e. The average Bonchev–Trinajstić information content (AvgIpc) is 2.80. The smallest absolute Gasteiger partial charge is 0.403 e. The maximum atomic E-state index is 15.2. The van der Waals surface area contributed by atoms with E-state index in [-0.39, 0.29) is 12.2 Å². The van der Waals surface area contributed by atoms with Gasteiger partial charge in [0.2, 0.25) is 0 Å². The zero-order chi connectivity index (χ0) is 24.3. The summed E-state index contributed by atoms with van der Waals surface area (Å²) in [7, 11) is 1.74. The topological polar surface area (TPSA) is 18.5 Å². The number of aryl methyl sites for hydroxylation is 2. The molecular weight excluding hydrogens is 451 g/mol. The molecule has 3 aromatic rings. The normalized spacial score (nSPS) is 18.9. The van der Waals surface area contributed by atoms with Crippen LogP contribution < -0.4 is 4.74 Å². The summed E-state index contributed by atoms with van der Waals surface area (Å²) in [6.45, 7) is 0.802. The first kappa shape index (κ1) is 24.5. The number of halogens is 5. The Bertz CT molecular complexity index is 1130. The number of methoxy groups -OCH3 is 1. The number of rotatable bonds is 7. The van der Waals surface area contributed by atoms with Gasteiger partial charge < -0.3 is 9.47 Å². The fraction of sp³-hybridized carbons (Fsp3) is 0.407. The molecule has 0 aromatic heterocycles. The fourth-order valence-electron chi connectivity index (χ4n) is 4.89. The molecule has 0 amide bonds. The quantitative estimate of drug-likeness (QED) is 0.324. The Morgan fingerprint density at radius 1 is 0.882 bits per heavy atom. The van der Waals surface area contributed by atoms with E-state index in [1.165, 1.54) is 11.6 Å². The van der Waals surface area contributed by atoms with Gasteiger partial charge in [-0.1, -0.05) is 36.4 Å². The van der Waals surface area contributed by atoms with Crippen molar-refractivity contribution in [3.8, 4) is 5.75 Å². The molecule has 1 aliphatic rings. The predicted molar refractivity (Wildman–Crippen MR) is 121 cm³/mol. The van der Waals surface area contributed by atoms with Crippen molar-refractivity contribution in [1.82, 2.24) is 0 Å². The minimum Gasteiger partial charge on any atom is -0.403 e. The van der Waals surface area contributed by atoms with Crippen LogP contribution in [-0.4, -0.2) is 20.1 Å². The van der Waals surface area contributed by atoms with Crippen LogP contribution in [0.1, 0.15) is 48.3 Å². The molecule has 0 bridgehead atoms. The highest BCUT2D eigenvalue weighted by Crippen LogP contribution is 2.37. The van der Waals surface area contributed by atoms with Crippen LogP contribution in [0.4, 0.5) is 22.0 Å². The zero-order valence-corrected chi connectivity index (χ0v) is 18.9. The lowest BCUT2D eigenvalue weighted by Crippen LogP contribution is -2.18. The van der Waals surface area contributed by atoms with Gasteiger partial charge in [-0.2, -0.15) is 0 Å². The first-order valence-corrected chi connectivity index (χ1v) is 11.5. The number of benzene rings is 3. The van der Waals surface area contributed by atoms with Gasteiger partial charge in [0.1, 0.15) is 5.82 Å². The molecular formula is C27H27F5O2. The summed E-state index contributed by atoms with van der Waals surface area (Å²) in [5, 5.41) is 1.38. The van der Waals surface area contributed by atoms with Crippen molar-refractivity contribution in [1.29, 1.82) is 0 Å². The second kappa shape index (κ2) is 10.3. The van der Waals surface area contributed by atoms with Crippen LogP contribution in [0.25, 0.3) is 10.8 Å². The molecule has 0 radical (unpaired) electrons. The van der Waals surface area contributed by atoms with Crippen molar-refractivity contribution >= 4 is 10.8 Å². The van der Waals surface area contributed by atoms with Gasteiger partial charge in [-0.25, -0.2) is 8.78 Å². The SMILES string of the molecule is COCC1CCC(c2ccc3c(F)c(CCc4ccc(OC(F)(F)F)c(F)c4)ccc3c2)CC1. The van der Waals surface area contributed by atoms with Crippen molar-refractivity contribution < 1.29 is 31.4 Å². The predicted octanol–water partition coefficient (Wildman–Crippen LogP) is 7.72. The van der Waals surface area contributed by atoms with E-state index in [4.69, 9.17) is 4.74 Å². The number of ether oxygens (including phenoxy) is 2. The first-order valence-electron chi connectivity index (χ1n) is 11.5. The number of alkyl halides is 3. The van der Waals surface area contributed by atoms with Crippen molar-refractivity contribution in [3.05, 3.63) is 76.9 Å². The van der Waals surface area contributed by atoms with Gasteiger partial charge in [0, 0.05) is 19.1 Å². The molecule has 1 aliphatic carbocycles. The van der Waals surface area contributed by atoms with Crippen molar-refractivity contribution in [3.63, 3.8) is 0 Å². The second-order valence-corrected chi connectivity index (χ2v) is 9.00. The van der Waals surface area contributed by atoms with Crippen LogP contribution in [0.3, 0.4) is 0 Å². The van der Waals surface area contributed by atoms with Crippen LogP contribution in [0.15, 0.2) is 48.5 Å². The molecule has 0 aliphatic heterocycles. The molecule has 0 spiro atoms. The van der Waals surface area contributed by atoms with E-state index in [0.717, 1.165) is 49.8 Å². The standard InChI is InChI=1S/C27H27F5O2/c1-33-16-18-3-6-19(7-4-18)21-11-12-23-22(15-21)10-9-20(26(23)29)8-2-17-5-13-25(24(28)14-17)34-27(30,31)32/h5,9-15,18-19H,2-4,6-8,16H2,1H3. The molecule has 182 valence electrons. The Hall–Kier alpha value is -2.67. The van der Waals surface area contributed by atoms with E-state index >= 15 is 4.39 Å². The molecule has 1 fully saturated rings. The summed E-state index contributed by atoms with van der Waals surface area (Å²) in [6, 6.07) is 12.8. The molecule has 34 heavy (non-hydrogen) atoms. The van der Waals surface area contributed by atoms with Gasteiger partial charge in [-0.3, -0.25) is 0 Å². The van der Waals surface area contributed by atoms with Crippen molar-refractivity contribution in [2.75, 3.05) is 13.7 Å². The Morgan fingerprint density at radius 3 is 2.32 bits per heavy atom. The number of hydrogen-bond acceptors (Lipinski definition) is 2. The highest BCUT2D eigenvalue weighted by Gasteiger charge is 2.32. The van der Waals surface area contributed by atoms with Crippen LogP contribution in [0, 0.1) is 17.6 Å². The fourth-order valence-corrected chi connectivity index (χ4v) is 4.89. The summed E-state index contributed by atoms with van der Waals surface area (Å²) in [5.41, 5.74) is 2.18. The van der Waals surface area contributed by atoms with Crippen LogP contribution in [0.5, 0.6) is 5.75 Å². The lowest BCUT2D eigenvalue weighted by Gasteiger charge is -2.28. The lowest BCUT2D eigenvalue weighted by molar-refractivity contribution is -0.275. The van der Waals surface area contributed by atoms with Gasteiger partial charge in [0.15, 0.2) is 11.6 Å². The van der Waals surface area contributed by atoms with E-state index in [9.17, 15) is 17.6 Å². The van der Waals surface area contributed by atoms with E-state index in [0.29, 0.717) is 34.8 Å². The van der Waals surface area contributed by atoms with E-state index in [2.05, 4.69) is 10.8 Å². The van der Waals surface area contributed by atoms with Crippen molar-refractivity contribution in [2.45, 2.75) is 50.8 Å². The number of hydrogen-bond donors (Lipinski definition) is 0. The molecule has 0 unspecified atom stereocenters. The Labute approximate surface area is 195 Å². The Balaban J connectivity index is 1.44. The average molecular weight is 479 g/mol. The number of fused-ring (bicyclic) bond motifs is 1. The molecule has 3 aromatic carbocycles. The van der Waals surface area contributed by atoms with Crippen LogP contribution >= 0.6 is 0 Å². The second-order valence-electron chi connectivity index (χ2n) is 9.00. The Kier molecular flexibility index (Phi) is 7.41. The minimum absolute atomic E-state index is 0.286. The maximum Gasteiger partial charge on any atom is 0.573 e. The van der Waals surface area contributed by atoms with Gasteiger partial charge in [-0.15, -0.1) is 13.2 Å². The van der Waals surface area contributed by atoms with Gasteiger partial charge in [-0.05, 0) is 84.6 Å². The third-order valence-corrected chi connectivity index (χ3v) is 6.68. The van der Waals surface area contributed by atoms with E-state index in [1.807, 2.05) is 18.2 Å². The molecule has 0 N–H and O–H groups in total. The van der Waals surface area contributed by atoms with Gasteiger partial charge >= 0.3 is 6.36 Å². The first-order chi connectivity index (χ1) is 16.2. The highest BCUT2D eigenvalue weighted by atomic mass is 19.4. The van der Waals surface area contributed by atoms with Gasteiger partial charge in [0.05, 0.1) is 0 Å². The zero-order valence-electron chi connectivity index (χ0n) is 18.9. The maximum absolute atomic E-state index is 15.2. The molecule has 7 heteroatoms. The molecule has 1 saturated carbocycles. The third kappa shape index (κ3) is 5.87. The molecule has 4 rings (SSSR count). The summed E-state index contributed by atoms with van der Waals surface area (Å²) < 4.78 is 74.9. The van der Waals surface area contributed by atoms with Crippen LogP contribution in [0.2, 0.25) is 0 Å². The highest BCUT2D eigenvalue weighted by molar-refractivity contribution is 5.84. The van der Waals surface area contributed by atoms with E-state index < -0.39 is 17.9 Å². The van der Waals surface area contributed by atoms with Gasteiger partial charge in [0.25, 0.3) is 0 Å². The molecule has 2 nitrogen and oxygen atoms in total. The van der Waals surface area contributed by atoms with Crippen molar-refractivity contribution in [2.24, 2.45) is 5.92 Å². The Morgan fingerprint density at radius 2 is 1.65 bits per heavy atom. The lowest BCUT2D eigenvalue weighted by atomic mass is 9.78. The van der Waals surface area contributed by atoms with Crippen LogP contribution in [-0.2, 0) is 17.6 Å². The summed E-state index contributed by atoms with van der Waals surface area (Å²) in [4.78, 5) is 0. The summed E-state index contributed by atoms with van der Waals surface area (Å²) in [5.74, 6) is -1.21. The molecule has 0 heterocycles. The molecule has 0 saturated heterocycles. The summed E-state index contributed by atoms with van der Waals surface area (Å²) in [6.07, 6.45) is 0.0919. The molecule has 0 atom stereocenters. The monoisotopic (exact) mass is 478 g/mol. The minimum atomic E-state index is -4.96. The van der Waals surface area contributed by atoms with E-state index in [1.54, 1.807) is 13.2 Å². The summed E-state index contributed by atoms with van der Waals surface area (Å²) >= 11 is 0. The third-order valence-electron chi connectivity index (χ3n) is 6.68.